The van der Waals surface area contributed by atoms with Crippen LogP contribution in [0, 0.1) is 6.92 Å². The van der Waals surface area contributed by atoms with E-state index >= 15 is 0 Å². The first-order valence-electron chi connectivity index (χ1n) is 6.68. The molecule has 1 saturated heterocycles. The molecular formula is C15H18N4. The summed E-state index contributed by atoms with van der Waals surface area (Å²) in [6.07, 6.45) is 0. The Kier molecular flexibility index (Phi) is 3.31. The summed E-state index contributed by atoms with van der Waals surface area (Å²) >= 11 is 0. The molecule has 0 amide bonds. The largest absolute Gasteiger partial charge is 0.368 e. The summed E-state index contributed by atoms with van der Waals surface area (Å²) in [6, 6.07) is 14.6. The van der Waals surface area contributed by atoms with Gasteiger partial charge in [0.1, 0.15) is 0 Å². The third-order valence-corrected chi connectivity index (χ3v) is 3.51. The van der Waals surface area contributed by atoms with E-state index < -0.39 is 0 Å². The van der Waals surface area contributed by atoms with Gasteiger partial charge in [-0.25, -0.2) is 0 Å². The van der Waals surface area contributed by atoms with Gasteiger partial charge in [-0.1, -0.05) is 18.2 Å². The fourth-order valence-corrected chi connectivity index (χ4v) is 2.39. The average molecular weight is 254 g/mol. The van der Waals surface area contributed by atoms with Crippen molar-refractivity contribution >= 4 is 11.5 Å². The fraction of sp³-hybridized carbons (Fsp3) is 0.333. The number of rotatable bonds is 2. The average Bonchev–Trinajstić information content (AvgIpc) is 2.49. The fourth-order valence-electron chi connectivity index (χ4n) is 2.39. The van der Waals surface area contributed by atoms with Crippen LogP contribution in [-0.2, 0) is 0 Å². The van der Waals surface area contributed by atoms with E-state index in [1.807, 2.05) is 13.0 Å². The highest BCUT2D eigenvalue weighted by atomic mass is 15.3. The molecule has 4 nitrogen and oxygen atoms in total. The molecule has 0 spiro atoms. The van der Waals surface area contributed by atoms with Crippen LogP contribution in [0.15, 0.2) is 42.5 Å². The highest BCUT2D eigenvalue weighted by molar-refractivity contribution is 5.48. The predicted octanol–water partition coefficient (Wildman–Crippen LogP) is 2.11. The minimum Gasteiger partial charge on any atom is -0.368 e. The quantitative estimate of drug-likeness (QED) is 0.821. The number of benzene rings is 1. The van der Waals surface area contributed by atoms with Crippen LogP contribution in [-0.4, -0.2) is 36.4 Å². The molecule has 1 aromatic heterocycles. The second-order valence-corrected chi connectivity index (χ2v) is 4.84. The van der Waals surface area contributed by atoms with Crippen LogP contribution in [0.4, 0.5) is 11.5 Å². The summed E-state index contributed by atoms with van der Waals surface area (Å²) in [5.41, 5.74) is 2.27. The van der Waals surface area contributed by atoms with Crippen molar-refractivity contribution in [3.8, 4) is 0 Å². The van der Waals surface area contributed by atoms with Gasteiger partial charge in [-0.15, -0.1) is 5.10 Å². The zero-order valence-corrected chi connectivity index (χ0v) is 11.2. The van der Waals surface area contributed by atoms with Crippen molar-refractivity contribution in [2.24, 2.45) is 0 Å². The zero-order valence-electron chi connectivity index (χ0n) is 11.2. The Morgan fingerprint density at radius 1 is 0.789 bits per heavy atom. The molecule has 1 fully saturated rings. The topological polar surface area (TPSA) is 32.3 Å². The van der Waals surface area contributed by atoms with Crippen LogP contribution < -0.4 is 9.80 Å². The first-order chi connectivity index (χ1) is 9.33. The lowest BCUT2D eigenvalue weighted by atomic mass is 10.2. The Balaban J connectivity index is 1.65. The van der Waals surface area contributed by atoms with Gasteiger partial charge < -0.3 is 9.80 Å². The second kappa shape index (κ2) is 5.26. The molecule has 3 rings (SSSR count). The van der Waals surface area contributed by atoms with Gasteiger partial charge in [-0.05, 0) is 31.2 Å². The monoisotopic (exact) mass is 254 g/mol. The lowest BCUT2D eigenvalue weighted by molar-refractivity contribution is 0.643. The molecular weight excluding hydrogens is 236 g/mol. The van der Waals surface area contributed by atoms with Gasteiger partial charge in [-0.2, -0.15) is 5.10 Å². The summed E-state index contributed by atoms with van der Waals surface area (Å²) in [6.45, 7) is 6.00. The first kappa shape index (κ1) is 12.0. The van der Waals surface area contributed by atoms with E-state index in [2.05, 4.69) is 56.4 Å². The standard InChI is InChI=1S/C15H18N4/c1-13-7-8-15(17-16-13)19-11-9-18(10-12-19)14-5-3-2-4-6-14/h2-8H,9-12H2,1H3. The molecule has 0 saturated carbocycles. The molecule has 0 atom stereocenters. The van der Waals surface area contributed by atoms with Crippen molar-refractivity contribution in [2.45, 2.75) is 6.92 Å². The molecule has 2 heterocycles. The minimum absolute atomic E-state index is 0.965. The SMILES string of the molecule is Cc1ccc(N2CCN(c3ccccc3)CC2)nn1. The van der Waals surface area contributed by atoms with Crippen molar-refractivity contribution in [1.29, 1.82) is 0 Å². The van der Waals surface area contributed by atoms with Gasteiger partial charge in [0.25, 0.3) is 0 Å². The first-order valence-corrected chi connectivity index (χ1v) is 6.68. The molecule has 1 aromatic carbocycles. The lowest BCUT2D eigenvalue weighted by Gasteiger charge is -2.36. The smallest absolute Gasteiger partial charge is 0.151 e. The van der Waals surface area contributed by atoms with E-state index in [0.717, 1.165) is 37.7 Å². The van der Waals surface area contributed by atoms with Crippen LogP contribution in [0.25, 0.3) is 0 Å². The maximum Gasteiger partial charge on any atom is 0.151 e. The molecule has 1 aliphatic rings. The molecule has 0 bridgehead atoms. The molecule has 1 aliphatic heterocycles. The maximum absolute atomic E-state index is 4.26. The highest BCUT2D eigenvalue weighted by Gasteiger charge is 2.18. The number of piperazine rings is 1. The van der Waals surface area contributed by atoms with E-state index in [-0.39, 0.29) is 0 Å². The molecule has 0 unspecified atom stereocenters. The van der Waals surface area contributed by atoms with Crippen molar-refractivity contribution < 1.29 is 0 Å². The Bertz CT molecular complexity index is 516. The van der Waals surface area contributed by atoms with Crippen LogP contribution in [0.2, 0.25) is 0 Å². The van der Waals surface area contributed by atoms with E-state index in [1.54, 1.807) is 0 Å². The van der Waals surface area contributed by atoms with Crippen LogP contribution >= 0.6 is 0 Å². The number of anilines is 2. The molecule has 2 aromatic rings. The summed E-state index contributed by atoms with van der Waals surface area (Å²) in [7, 11) is 0. The number of hydrogen-bond donors (Lipinski definition) is 0. The Morgan fingerprint density at radius 3 is 2.11 bits per heavy atom. The van der Waals surface area contributed by atoms with Gasteiger partial charge in [0.05, 0.1) is 5.69 Å². The molecule has 98 valence electrons. The number of nitrogens with zero attached hydrogens (tertiary/aromatic N) is 4. The van der Waals surface area contributed by atoms with Crippen LogP contribution in [0.3, 0.4) is 0 Å². The molecule has 0 N–H and O–H groups in total. The summed E-state index contributed by atoms with van der Waals surface area (Å²) in [5.74, 6) is 0.985. The van der Waals surface area contributed by atoms with Gasteiger partial charge >= 0.3 is 0 Å². The van der Waals surface area contributed by atoms with Crippen molar-refractivity contribution in [3.63, 3.8) is 0 Å². The van der Waals surface area contributed by atoms with E-state index in [0.29, 0.717) is 0 Å². The van der Waals surface area contributed by atoms with Crippen LogP contribution in [0.1, 0.15) is 5.69 Å². The minimum atomic E-state index is 0.965. The maximum atomic E-state index is 4.26. The normalized spacial score (nSPS) is 15.6. The number of hydrogen-bond acceptors (Lipinski definition) is 4. The Morgan fingerprint density at radius 2 is 1.47 bits per heavy atom. The molecule has 0 radical (unpaired) electrons. The Labute approximate surface area is 113 Å². The number of aryl methyl sites for hydroxylation is 1. The third kappa shape index (κ3) is 2.67. The summed E-state index contributed by atoms with van der Waals surface area (Å²) in [4.78, 5) is 4.71. The number of aromatic nitrogens is 2. The predicted molar refractivity (Wildman–Crippen MR) is 77.6 cm³/mol. The lowest BCUT2D eigenvalue weighted by Crippen LogP contribution is -2.46. The molecule has 19 heavy (non-hydrogen) atoms. The molecule has 4 heteroatoms. The summed E-state index contributed by atoms with van der Waals surface area (Å²) < 4.78 is 0. The van der Waals surface area contributed by atoms with Crippen molar-refractivity contribution in [1.82, 2.24) is 10.2 Å². The van der Waals surface area contributed by atoms with Gasteiger partial charge in [0.15, 0.2) is 5.82 Å². The summed E-state index contributed by atoms with van der Waals surface area (Å²) in [5, 5.41) is 8.38. The van der Waals surface area contributed by atoms with E-state index in [9.17, 15) is 0 Å². The van der Waals surface area contributed by atoms with Crippen LogP contribution in [0.5, 0.6) is 0 Å². The van der Waals surface area contributed by atoms with E-state index in [1.165, 1.54) is 5.69 Å². The van der Waals surface area contributed by atoms with Gasteiger partial charge in [-0.3, -0.25) is 0 Å². The number of para-hydroxylation sites is 1. The zero-order chi connectivity index (χ0) is 13.1. The van der Waals surface area contributed by atoms with Gasteiger partial charge in [0.2, 0.25) is 0 Å². The molecule has 0 aliphatic carbocycles. The highest BCUT2D eigenvalue weighted by Crippen LogP contribution is 2.18. The van der Waals surface area contributed by atoms with Crippen molar-refractivity contribution in [2.75, 3.05) is 36.0 Å². The van der Waals surface area contributed by atoms with E-state index in [4.69, 9.17) is 0 Å². The van der Waals surface area contributed by atoms with Gasteiger partial charge in [0, 0.05) is 31.9 Å². The second-order valence-electron chi connectivity index (χ2n) is 4.84. The third-order valence-electron chi connectivity index (χ3n) is 3.51. The Hall–Kier alpha value is -2.10. The van der Waals surface area contributed by atoms with Crippen molar-refractivity contribution in [3.05, 3.63) is 48.2 Å².